The highest BCUT2D eigenvalue weighted by Gasteiger charge is 2.12. The Labute approximate surface area is 179 Å². The van der Waals surface area contributed by atoms with E-state index in [1.165, 1.54) is 18.4 Å². The molecule has 0 atom stereocenters. The molecule has 0 bridgehead atoms. The number of carbonyl (C=O) groups excluding carboxylic acids is 2. The van der Waals surface area contributed by atoms with Gasteiger partial charge in [-0.05, 0) is 49.7 Å². The van der Waals surface area contributed by atoms with Crippen LogP contribution in [0.25, 0.3) is 10.2 Å². The summed E-state index contributed by atoms with van der Waals surface area (Å²) in [6.45, 7) is 5.43. The van der Waals surface area contributed by atoms with Gasteiger partial charge in [0.05, 0.1) is 29.5 Å². The summed E-state index contributed by atoms with van der Waals surface area (Å²) >= 11 is 1.37. The number of ether oxygens (including phenoxy) is 2. The van der Waals surface area contributed by atoms with Crippen molar-refractivity contribution in [1.82, 2.24) is 4.57 Å². The summed E-state index contributed by atoms with van der Waals surface area (Å²) in [5.41, 5.74) is 1.88. The van der Waals surface area contributed by atoms with E-state index >= 15 is 0 Å². The largest absolute Gasteiger partial charge is 0.494 e. The molecule has 3 aromatic rings. The second-order valence-electron chi connectivity index (χ2n) is 6.80. The molecule has 1 amide bonds. The van der Waals surface area contributed by atoms with Gasteiger partial charge in [-0.25, -0.2) is 4.79 Å². The minimum atomic E-state index is -0.390. The molecule has 0 fully saturated rings. The molecule has 158 valence electrons. The number of carbonyl (C=O) groups is 2. The fourth-order valence-corrected chi connectivity index (χ4v) is 4.25. The average Bonchev–Trinajstić information content (AvgIpc) is 3.12. The predicted octanol–water partition coefficient (Wildman–Crippen LogP) is 4.82. The Morgan fingerprint density at radius 2 is 1.90 bits per heavy atom. The number of methoxy groups -OCH3 is 1. The molecular weight excluding hydrogens is 400 g/mol. The maximum absolute atomic E-state index is 12.8. The van der Waals surface area contributed by atoms with Crippen LogP contribution in [0.4, 0.5) is 0 Å². The second-order valence-corrected chi connectivity index (χ2v) is 7.81. The van der Waals surface area contributed by atoms with Crippen molar-refractivity contribution >= 4 is 33.4 Å². The summed E-state index contributed by atoms with van der Waals surface area (Å²) in [7, 11) is 1.36. The number of esters is 1. The van der Waals surface area contributed by atoms with Crippen LogP contribution >= 0.6 is 11.3 Å². The fourth-order valence-electron chi connectivity index (χ4n) is 3.12. The van der Waals surface area contributed by atoms with E-state index in [1.807, 2.05) is 23.6 Å². The van der Waals surface area contributed by atoms with Crippen LogP contribution in [-0.4, -0.2) is 30.2 Å². The van der Waals surface area contributed by atoms with E-state index < -0.39 is 5.97 Å². The van der Waals surface area contributed by atoms with Gasteiger partial charge in [0.2, 0.25) is 0 Å². The number of benzene rings is 2. The molecule has 3 rings (SSSR count). The first kappa shape index (κ1) is 21.8. The van der Waals surface area contributed by atoms with Crippen molar-refractivity contribution in [1.29, 1.82) is 0 Å². The zero-order chi connectivity index (χ0) is 21.5. The van der Waals surface area contributed by atoms with Crippen molar-refractivity contribution < 1.29 is 19.1 Å². The van der Waals surface area contributed by atoms with E-state index in [4.69, 9.17) is 9.47 Å². The molecule has 0 radical (unpaired) electrons. The minimum absolute atomic E-state index is 0.323. The van der Waals surface area contributed by atoms with Crippen LogP contribution in [0, 0.1) is 0 Å². The van der Waals surface area contributed by atoms with Gasteiger partial charge in [0.15, 0.2) is 4.80 Å². The lowest BCUT2D eigenvalue weighted by molar-refractivity contribution is 0.0601. The van der Waals surface area contributed by atoms with Crippen molar-refractivity contribution in [3.05, 3.63) is 58.4 Å². The molecule has 0 saturated carbocycles. The lowest BCUT2D eigenvalue weighted by atomic mass is 10.2. The van der Waals surface area contributed by atoms with Crippen LogP contribution in [0.1, 0.15) is 53.8 Å². The van der Waals surface area contributed by atoms with Gasteiger partial charge in [0.25, 0.3) is 5.91 Å². The number of aryl methyl sites for hydroxylation is 1. The summed E-state index contributed by atoms with van der Waals surface area (Å²) in [5, 5.41) is 0. The van der Waals surface area contributed by atoms with Crippen LogP contribution in [0.2, 0.25) is 0 Å². The van der Waals surface area contributed by atoms with Crippen LogP contribution in [-0.2, 0) is 11.3 Å². The lowest BCUT2D eigenvalue weighted by Gasteiger charge is -2.06. The maximum Gasteiger partial charge on any atom is 0.337 e. The molecule has 7 heteroatoms. The number of nitrogens with zero attached hydrogens (tertiary/aromatic N) is 2. The Bertz CT molecular complexity index is 1110. The highest BCUT2D eigenvalue weighted by molar-refractivity contribution is 7.16. The van der Waals surface area contributed by atoms with Gasteiger partial charge < -0.3 is 14.0 Å². The summed E-state index contributed by atoms with van der Waals surface area (Å²) in [6.07, 6.45) is 3.24. The lowest BCUT2D eigenvalue weighted by Crippen LogP contribution is -2.16. The molecule has 0 unspecified atom stereocenters. The number of amides is 1. The minimum Gasteiger partial charge on any atom is -0.494 e. The van der Waals surface area contributed by atoms with Crippen molar-refractivity contribution in [2.75, 3.05) is 13.7 Å². The molecule has 2 aromatic carbocycles. The summed E-state index contributed by atoms with van der Waals surface area (Å²) in [4.78, 5) is 29.6. The van der Waals surface area contributed by atoms with Crippen molar-refractivity contribution in [3.8, 4) is 5.75 Å². The first-order valence-corrected chi connectivity index (χ1v) is 10.9. The number of fused-ring (bicyclic) bond motifs is 1. The third-order valence-electron chi connectivity index (χ3n) is 4.71. The van der Waals surface area contributed by atoms with Gasteiger partial charge in [-0.1, -0.05) is 37.2 Å². The van der Waals surface area contributed by atoms with Crippen molar-refractivity contribution in [2.45, 2.75) is 39.7 Å². The average molecular weight is 427 g/mol. The molecular formula is C23H26N2O4S. The molecule has 0 aliphatic rings. The van der Waals surface area contributed by atoms with Crippen molar-refractivity contribution in [3.63, 3.8) is 0 Å². The molecule has 0 aliphatic carbocycles. The fraction of sp³-hybridized carbons (Fsp3) is 0.348. The second kappa shape index (κ2) is 10.2. The molecule has 1 heterocycles. The van der Waals surface area contributed by atoms with Gasteiger partial charge in [-0.15, -0.1) is 0 Å². The van der Waals surface area contributed by atoms with Crippen molar-refractivity contribution in [2.24, 2.45) is 4.99 Å². The molecule has 0 N–H and O–H groups in total. The summed E-state index contributed by atoms with van der Waals surface area (Å²) < 4.78 is 13.4. The summed E-state index contributed by atoms with van der Waals surface area (Å²) in [6, 6.07) is 12.5. The Balaban J connectivity index is 1.90. The molecule has 0 aliphatic heterocycles. The SMILES string of the molecule is CCCCCOc1cccc(C(=O)N=c2sc3cc(C(=O)OC)ccc3n2CC)c1. The number of rotatable bonds is 8. The first-order valence-electron chi connectivity index (χ1n) is 10.1. The molecule has 0 spiro atoms. The Morgan fingerprint density at radius 1 is 1.07 bits per heavy atom. The number of hydrogen-bond donors (Lipinski definition) is 0. The molecule has 6 nitrogen and oxygen atoms in total. The number of hydrogen-bond acceptors (Lipinski definition) is 5. The first-order chi connectivity index (χ1) is 14.6. The Kier molecular flexibility index (Phi) is 7.41. The quantitative estimate of drug-likeness (QED) is 0.382. The van der Waals surface area contributed by atoms with E-state index in [1.54, 1.807) is 30.3 Å². The number of thiazole rings is 1. The normalized spacial score (nSPS) is 11.6. The van der Waals surface area contributed by atoms with Gasteiger partial charge in [0.1, 0.15) is 5.75 Å². The monoisotopic (exact) mass is 426 g/mol. The van der Waals surface area contributed by atoms with Crippen LogP contribution in [0.5, 0.6) is 5.75 Å². The van der Waals surface area contributed by atoms with Gasteiger partial charge >= 0.3 is 5.97 Å². The van der Waals surface area contributed by atoms with Crippen LogP contribution < -0.4 is 9.54 Å². The zero-order valence-electron chi connectivity index (χ0n) is 17.5. The van der Waals surface area contributed by atoms with E-state index in [-0.39, 0.29) is 5.91 Å². The summed E-state index contributed by atoms with van der Waals surface area (Å²) in [5.74, 6) is -0.0378. The van der Waals surface area contributed by atoms with Crippen LogP contribution in [0.15, 0.2) is 47.5 Å². The predicted molar refractivity (Wildman–Crippen MR) is 118 cm³/mol. The third-order valence-corrected chi connectivity index (χ3v) is 5.76. The maximum atomic E-state index is 12.8. The van der Waals surface area contributed by atoms with E-state index in [2.05, 4.69) is 11.9 Å². The molecule has 30 heavy (non-hydrogen) atoms. The van der Waals surface area contributed by atoms with Gasteiger partial charge in [-0.2, -0.15) is 4.99 Å². The number of unbranched alkanes of at least 4 members (excludes halogenated alkanes) is 2. The highest BCUT2D eigenvalue weighted by Crippen LogP contribution is 2.20. The van der Waals surface area contributed by atoms with Crippen LogP contribution in [0.3, 0.4) is 0 Å². The van der Waals surface area contributed by atoms with E-state index in [0.717, 1.165) is 29.5 Å². The molecule has 1 aromatic heterocycles. The number of aromatic nitrogens is 1. The Morgan fingerprint density at radius 3 is 2.63 bits per heavy atom. The highest BCUT2D eigenvalue weighted by atomic mass is 32.1. The zero-order valence-corrected chi connectivity index (χ0v) is 18.3. The standard InChI is InChI=1S/C23H26N2O4S/c1-4-6-7-13-29-18-10-8-9-16(14-18)21(26)24-23-25(5-2)19-12-11-17(22(27)28-3)15-20(19)30-23/h8-12,14-15H,4-7,13H2,1-3H3. The van der Waals surface area contributed by atoms with Gasteiger partial charge in [0, 0.05) is 12.1 Å². The van der Waals surface area contributed by atoms with Gasteiger partial charge in [-0.3, -0.25) is 4.79 Å². The molecule has 0 saturated heterocycles. The topological polar surface area (TPSA) is 69.9 Å². The Hall–Kier alpha value is -2.93. The third kappa shape index (κ3) is 4.97. The van der Waals surface area contributed by atoms with E-state index in [9.17, 15) is 9.59 Å². The van der Waals surface area contributed by atoms with E-state index in [0.29, 0.717) is 34.8 Å². The smallest absolute Gasteiger partial charge is 0.337 e.